The zero-order chi connectivity index (χ0) is 13.5. The van der Waals surface area contributed by atoms with E-state index in [0.29, 0.717) is 13.2 Å². The van der Waals surface area contributed by atoms with E-state index in [2.05, 4.69) is 0 Å². The Kier molecular flexibility index (Phi) is 7.28. The van der Waals surface area contributed by atoms with Crippen LogP contribution in [0.5, 0.6) is 0 Å². The summed E-state index contributed by atoms with van der Waals surface area (Å²) in [7, 11) is -0.732. The van der Waals surface area contributed by atoms with Crippen LogP contribution in [0.3, 0.4) is 0 Å². The summed E-state index contributed by atoms with van der Waals surface area (Å²) < 4.78 is 31.1. The van der Waals surface area contributed by atoms with Crippen LogP contribution >= 0.6 is 0 Å². The van der Waals surface area contributed by atoms with Gasteiger partial charge >= 0.3 is 5.97 Å². The molecule has 7 nitrogen and oxygen atoms in total. The van der Waals surface area contributed by atoms with Crippen molar-refractivity contribution >= 4 is 16.2 Å². The predicted octanol–water partition coefficient (Wildman–Crippen LogP) is -0.394. The Morgan fingerprint density at radius 2 is 1.94 bits per heavy atom. The van der Waals surface area contributed by atoms with Gasteiger partial charge in [-0.25, -0.2) is 0 Å². The molecule has 0 aliphatic carbocycles. The lowest BCUT2D eigenvalue weighted by molar-refractivity contribution is -0.137. The minimum atomic E-state index is -3.60. The highest BCUT2D eigenvalue weighted by Gasteiger charge is 2.25. The Balaban J connectivity index is 4.54. The van der Waals surface area contributed by atoms with Gasteiger partial charge in [-0.05, 0) is 0 Å². The predicted molar refractivity (Wildman–Crippen MR) is 62.9 cm³/mol. The van der Waals surface area contributed by atoms with Gasteiger partial charge in [0.15, 0.2) is 0 Å². The van der Waals surface area contributed by atoms with Crippen molar-refractivity contribution in [2.75, 3.05) is 40.4 Å². The first-order valence-electron chi connectivity index (χ1n) is 5.28. The molecule has 0 aromatic carbocycles. The third kappa shape index (κ3) is 5.44. The van der Waals surface area contributed by atoms with Gasteiger partial charge in [-0.1, -0.05) is 6.92 Å². The molecule has 0 fully saturated rings. The van der Waals surface area contributed by atoms with Crippen molar-refractivity contribution in [3.63, 3.8) is 0 Å². The Labute approximate surface area is 102 Å². The molecule has 0 spiro atoms. The monoisotopic (exact) mass is 268 g/mol. The van der Waals surface area contributed by atoms with E-state index in [9.17, 15) is 13.2 Å². The second-order valence-corrected chi connectivity index (χ2v) is 5.49. The lowest BCUT2D eigenvalue weighted by atomic mass is 10.4. The standard InChI is InChI=1S/C9H20N2O5S/c1-4-11(7-8-16-3)17(14,15)10(2)6-5-9(12)13/h4-8H2,1-3H3,(H,12,13). The van der Waals surface area contributed by atoms with Gasteiger partial charge in [0, 0.05) is 33.8 Å². The van der Waals surface area contributed by atoms with Crippen molar-refractivity contribution in [2.24, 2.45) is 0 Å². The zero-order valence-corrected chi connectivity index (χ0v) is 11.2. The first-order chi connectivity index (χ1) is 7.86. The molecule has 0 aliphatic heterocycles. The van der Waals surface area contributed by atoms with Crippen molar-refractivity contribution in [1.82, 2.24) is 8.61 Å². The smallest absolute Gasteiger partial charge is 0.304 e. The highest BCUT2D eigenvalue weighted by atomic mass is 32.2. The highest BCUT2D eigenvalue weighted by molar-refractivity contribution is 7.86. The fraction of sp³-hybridized carbons (Fsp3) is 0.889. The van der Waals surface area contributed by atoms with Gasteiger partial charge in [0.2, 0.25) is 0 Å². The van der Waals surface area contributed by atoms with Crippen molar-refractivity contribution < 1.29 is 23.1 Å². The van der Waals surface area contributed by atoms with E-state index < -0.39 is 16.2 Å². The van der Waals surface area contributed by atoms with Crippen LogP contribution in [-0.4, -0.2) is 68.5 Å². The fourth-order valence-corrected chi connectivity index (χ4v) is 2.54. The summed E-state index contributed by atoms with van der Waals surface area (Å²) in [4.78, 5) is 10.4. The molecule has 0 saturated carbocycles. The number of likely N-dealkylation sites (N-methyl/N-ethyl adjacent to an activating group) is 1. The topological polar surface area (TPSA) is 87.2 Å². The fourth-order valence-electron chi connectivity index (χ4n) is 1.20. The molecule has 8 heteroatoms. The molecule has 0 heterocycles. The van der Waals surface area contributed by atoms with Crippen molar-refractivity contribution in [1.29, 1.82) is 0 Å². The van der Waals surface area contributed by atoms with Crippen LogP contribution in [0.4, 0.5) is 0 Å². The Bertz CT molecular complexity index is 330. The maximum absolute atomic E-state index is 12.0. The SMILES string of the molecule is CCN(CCOC)S(=O)(=O)N(C)CCC(=O)O. The molecule has 102 valence electrons. The molecule has 0 radical (unpaired) electrons. The summed E-state index contributed by atoms with van der Waals surface area (Å²) in [6.07, 6.45) is -0.211. The molecule has 17 heavy (non-hydrogen) atoms. The minimum Gasteiger partial charge on any atom is -0.481 e. The lowest BCUT2D eigenvalue weighted by Gasteiger charge is -2.25. The van der Waals surface area contributed by atoms with E-state index in [1.165, 1.54) is 18.5 Å². The van der Waals surface area contributed by atoms with Gasteiger partial charge < -0.3 is 9.84 Å². The molecular weight excluding hydrogens is 248 g/mol. The molecule has 0 rings (SSSR count). The molecule has 0 unspecified atom stereocenters. The molecule has 0 saturated heterocycles. The zero-order valence-electron chi connectivity index (χ0n) is 10.4. The van der Waals surface area contributed by atoms with Crippen LogP contribution in [0, 0.1) is 0 Å². The molecule has 1 N–H and O–H groups in total. The van der Waals surface area contributed by atoms with E-state index in [4.69, 9.17) is 9.84 Å². The van der Waals surface area contributed by atoms with Crippen LogP contribution < -0.4 is 0 Å². The maximum atomic E-state index is 12.0. The Hall–Kier alpha value is -0.700. The van der Waals surface area contributed by atoms with Gasteiger partial charge in [0.25, 0.3) is 10.2 Å². The summed E-state index contributed by atoms with van der Waals surface area (Å²) in [6, 6.07) is 0. The quantitative estimate of drug-likeness (QED) is 0.615. The van der Waals surface area contributed by atoms with Gasteiger partial charge in [-0.15, -0.1) is 0 Å². The van der Waals surface area contributed by atoms with Gasteiger partial charge in [-0.2, -0.15) is 17.0 Å². The van der Waals surface area contributed by atoms with Gasteiger partial charge in [0.1, 0.15) is 0 Å². The third-order valence-electron chi connectivity index (χ3n) is 2.26. The molecule has 0 aromatic rings. The van der Waals surface area contributed by atoms with Crippen molar-refractivity contribution in [3.05, 3.63) is 0 Å². The van der Waals surface area contributed by atoms with Crippen molar-refractivity contribution in [3.8, 4) is 0 Å². The average Bonchev–Trinajstić information content (AvgIpc) is 2.26. The second kappa shape index (κ2) is 7.59. The number of carbonyl (C=O) groups is 1. The van der Waals surface area contributed by atoms with E-state index >= 15 is 0 Å². The van der Waals surface area contributed by atoms with Crippen LogP contribution in [0.1, 0.15) is 13.3 Å². The summed E-state index contributed by atoms with van der Waals surface area (Å²) in [6.45, 7) is 2.56. The Morgan fingerprint density at radius 1 is 1.35 bits per heavy atom. The van der Waals surface area contributed by atoms with E-state index in [-0.39, 0.29) is 19.5 Å². The Morgan fingerprint density at radius 3 is 2.35 bits per heavy atom. The van der Waals surface area contributed by atoms with E-state index in [0.717, 1.165) is 4.31 Å². The first-order valence-corrected chi connectivity index (χ1v) is 6.68. The maximum Gasteiger partial charge on any atom is 0.304 e. The molecule has 0 aliphatic rings. The number of nitrogens with zero attached hydrogens (tertiary/aromatic N) is 2. The van der Waals surface area contributed by atoms with Crippen molar-refractivity contribution in [2.45, 2.75) is 13.3 Å². The number of carboxylic acids is 1. The first kappa shape index (κ1) is 16.3. The minimum absolute atomic E-state index is 0.0405. The highest BCUT2D eigenvalue weighted by Crippen LogP contribution is 2.06. The third-order valence-corrected chi connectivity index (χ3v) is 4.32. The summed E-state index contributed by atoms with van der Waals surface area (Å²) in [5.74, 6) is -1.02. The number of hydrogen-bond donors (Lipinski definition) is 1. The molecule has 0 atom stereocenters. The second-order valence-electron chi connectivity index (χ2n) is 3.46. The van der Waals surface area contributed by atoms with Crippen LogP contribution in [-0.2, 0) is 19.7 Å². The van der Waals surface area contributed by atoms with Gasteiger partial charge in [-0.3, -0.25) is 4.79 Å². The molecular formula is C9H20N2O5S. The summed E-state index contributed by atoms with van der Waals surface area (Å²) in [5.41, 5.74) is 0. The number of ether oxygens (including phenoxy) is 1. The van der Waals surface area contributed by atoms with Crippen LogP contribution in [0.2, 0.25) is 0 Å². The molecule has 0 aromatic heterocycles. The number of rotatable bonds is 9. The number of methoxy groups -OCH3 is 1. The van der Waals surface area contributed by atoms with Crippen LogP contribution in [0.15, 0.2) is 0 Å². The number of carboxylic acid groups (broad SMARTS) is 1. The molecule has 0 amide bonds. The van der Waals surface area contributed by atoms with E-state index in [1.807, 2.05) is 0 Å². The largest absolute Gasteiger partial charge is 0.481 e. The number of hydrogen-bond acceptors (Lipinski definition) is 4. The summed E-state index contributed by atoms with van der Waals surface area (Å²) >= 11 is 0. The average molecular weight is 268 g/mol. The summed E-state index contributed by atoms with van der Waals surface area (Å²) in [5, 5.41) is 8.51. The van der Waals surface area contributed by atoms with Gasteiger partial charge in [0.05, 0.1) is 13.0 Å². The normalized spacial score (nSPS) is 12.3. The van der Waals surface area contributed by atoms with E-state index in [1.54, 1.807) is 6.92 Å². The molecule has 0 bridgehead atoms. The number of aliphatic carboxylic acids is 1. The van der Waals surface area contributed by atoms with Crippen LogP contribution in [0.25, 0.3) is 0 Å². The lowest BCUT2D eigenvalue weighted by Crippen LogP contribution is -2.43.